The lowest BCUT2D eigenvalue weighted by Gasteiger charge is -2.30. The molecule has 1 fully saturated rings. The number of nitrogens with zero attached hydrogens (tertiary/aromatic N) is 3. The summed E-state index contributed by atoms with van der Waals surface area (Å²) >= 11 is 8.63. The molecule has 0 unspecified atom stereocenters. The number of amides is 1. The van der Waals surface area contributed by atoms with Crippen molar-refractivity contribution in [2.45, 2.75) is 22.9 Å². The summed E-state index contributed by atoms with van der Waals surface area (Å²) in [4.78, 5) is 12.4. The van der Waals surface area contributed by atoms with Crippen LogP contribution in [0.3, 0.4) is 0 Å². The molecule has 1 amide bonds. The highest BCUT2D eigenvalue weighted by molar-refractivity contribution is 8.00. The maximum Gasteiger partial charge on any atom is 0.229 e. The van der Waals surface area contributed by atoms with Crippen molar-refractivity contribution in [2.75, 3.05) is 24.7 Å². The van der Waals surface area contributed by atoms with Crippen molar-refractivity contribution in [1.29, 1.82) is 0 Å². The number of carbonyl (C=O) groups is 1. The van der Waals surface area contributed by atoms with Gasteiger partial charge in [-0.05, 0) is 36.8 Å². The number of hydrogen-bond acceptors (Lipinski definition) is 7. The van der Waals surface area contributed by atoms with E-state index < -0.39 is 10.0 Å². The number of hydrogen-bond donors (Lipinski definition) is 1. The fourth-order valence-corrected chi connectivity index (χ4v) is 5.69. The van der Waals surface area contributed by atoms with Crippen LogP contribution in [0.1, 0.15) is 18.4 Å². The molecular formula is C16H19ClN4O3S3. The molecule has 1 aliphatic rings. The fraction of sp³-hybridized carbons (Fsp3) is 0.438. The van der Waals surface area contributed by atoms with E-state index in [2.05, 4.69) is 15.5 Å². The Morgan fingerprint density at radius 2 is 1.96 bits per heavy atom. The van der Waals surface area contributed by atoms with Gasteiger partial charge in [0, 0.05) is 24.0 Å². The molecule has 0 aliphatic carbocycles. The molecule has 27 heavy (non-hydrogen) atoms. The molecule has 1 aromatic heterocycles. The van der Waals surface area contributed by atoms with Crippen LogP contribution in [0, 0.1) is 5.92 Å². The molecule has 0 bridgehead atoms. The fourth-order valence-electron chi connectivity index (χ4n) is 2.83. The van der Waals surface area contributed by atoms with Crippen LogP contribution in [0.2, 0.25) is 5.02 Å². The molecule has 0 radical (unpaired) electrons. The summed E-state index contributed by atoms with van der Waals surface area (Å²) in [7, 11) is -3.42. The van der Waals surface area contributed by atoms with Crippen LogP contribution in [-0.4, -0.2) is 48.2 Å². The highest BCUT2D eigenvalue weighted by atomic mass is 35.5. The number of carbonyl (C=O) groups excluding carboxylic acids is 1. The Bertz CT molecular complexity index is 894. The van der Waals surface area contributed by atoms with Gasteiger partial charge in [-0.15, -0.1) is 10.2 Å². The van der Waals surface area contributed by atoms with Crippen molar-refractivity contribution in [1.82, 2.24) is 14.5 Å². The first kappa shape index (κ1) is 20.5. The van der Waals surface area contributed by atoms with Gasteiger partial charge in [-0.3, -0.25) is 4.79 Å². The third-order valence-corrected chi connectivity index (χ3v) is 8.21. The zero-order valence-corrected chi connectivity index (χ0v) is 17.8. The number of piperidine rings is 1. The number of aromatic nitrogens is 2. The van der Waals surface area contributed by atoms with Crippen LogP contribution in [0.15, 0.2) is 28.6 Å². The predicted octanol–water partition coefficient (Wildman–Crippen LogP) is 3.09. The van der Waals surface area contributed by atoms with Crippen LogP contribution >= 0.6 is 34.7 Å². The molecule has 11 heteroatoms. The monoisotopic (exact) mass is 446 g/mol. The lowest BCUT2D eigenvalue weighted by atomic mass is 9.97. The van der Waals surface area contributed by atoms with E-state index in [1.807, 2.05) is 6.26 Å². The van der Waals surface area contributed by atoms with E-state index in [1.165, 1.54) is 27.4 Å². The van der Waals surface area contributed by atoms with Gasteiger partial charge in [0.1, 0.15) is 0 Å². The molecule has 0 saturated carbocycles. The quantitative estimate of drug-likeness (QED) is 0.541. The van der Waals surface area contributed by atoms with E-state index in [0.29, 0.717) is 41.6 Å². The maximum atomic E-state index is 12.6. The molecule has 3 rings (SSSR count). The standard InChI is InChI=1S/C16H19ClN4O3S3/c1-25-16-20-19-15(26-16)18-14(22)12-6-8-21(9-7-12)27(23,24)10-11-2-4-13(17)5-3-11/h2-5,12H,6-10H2,1H3,(H,18,19,22). The average Bonchev–Trinajstić information content (AvgIpc) is 3.11. The van der Waals surface area contributed by atoms with Crippen LogP contribution in [0.25, 0.3) is 0 Å². The van der Waals surface area contributed by atoms with Crippen LogP contribution in [0.4, 0.5) is 5.13 Å². The third-order valence-electron chi connectivity index (χ3n) is 4.29. The van der Waals surface area contributed by atoms with E-state index in [1.54, 1.807) is 24.3 Å². The van der Waals surface area contributed by atoms with E-state index in [-0.39, 0.29) is 17.6 Å². The topological polar surface area (TPSA) is 92.3 Å². The zero-order valence-electron chi connectivity index (χ0n) is 14.6. The van der Waals surface area contributed by atoms with Gasteiger partial charge in [0.2, 0.25) is 21.1 Å². The summed E-state index contributed by atoms with van der Waals surface area (Å²) in [6.45, 7) is 0.667. The first-order valence-corrected chi connectivity index (χ1v) is 12.3. The summed E-state index contributed by atoms with van der Waals surface area (Å²) in [5, 5.41) is 11.7. The molecule has 1 aromatic carbocycles. The van der Waals surface area contributed by atoms with E-state index >= 15 is 0 Å². The number of halogens is 1. The molecular weight excluding hydrogens is 428 g/mol. The van der Waals surface area contributed by atoms with Gasteiger partial charge in [0.25, 0.3) is 0 Å². The summed E-state index contributed by atoms with van der Waals surface area (Å²) < 4.78 is 27.5. The summed E-state index contributed by atoms with van der Waals surface area (Å²) in [6.07, 6.45) is 2.87. The van der Waals surface area contributed by atoms with Crippen molar-refractivity contribution < 1.29 is 13.2 Å². The normalized spacial score (nSPS) is 16.4. The van der Waals surface area contributed by atoms with Crippen LogP contribution < -0.4 is 5.32 Å². The Morgan fingerprint density at radius 3 is 2.56 bits per heavy atom. The Balaban J connectivity index is 1.54. The Hall–Kier alpha value is -1.20. The molecule has 0 atom stereocenters. The molecule has 1 N–H and O–H groups in total. The van der Waals surface area contributed by atoms with Gasteiger partial charge in [-0.25, -0.2) is 12.7 Å². The van der Waals surface area contributed by atoms with Crippen molar-refractivity contribution in [3.8, 4) is 0 Å². The second-order valence-electron chi connectivity index (χ2n) is 6.12. The van der Waals surface area contributed by atoms with Crippen molar-refractivity contribution in [3.63, 3.8) is 0 Å². The highest BCUT2D eigenvalue weighted by Gasteiger charge is 2.31. The van der Waals surface area contributed by atoms with Gasteiger partial charge in [0.05, 0.1) is 5.75 Å². The molecule has 1 aliphatic heterocycles. The van der Waals surface area contributed by atoms with Crippen molar-refractivity contribution in [3.05, 3.63) is 34.9 Å². The van der Waals surface area contributed by atoms with E-state index in [0.717, 1.165) is 4.34 Å². The van der Waals surface area contributed by atoms with Crippen LogP contribution in [-0.2, 0) is 20.6 Å². The largest absolute Gasteiger partial charge is 0.300 e. The third kappa shape index (κ3) is 5.41. The van der Waals surface area contributed by atoms with Gasteiger partial charge in [-0.1, -0.05) is 46.8 Å². The molecule has 2 aromatic rings. The lowest BCUT2D eigenvalue weighted by molar-refractivity contribution is -0.120. The minimum Gasteiger partial charge on any atom is -0.300 e. The number of sulfonamides is 1. The lowest BCUT2D eigenvalue weighted by Crippen LogP contribution is -2.41. The minimum absolute atomic E-state index is 0.0662. The van der Waals surface area contributed by atoms with Gasteiger partial charge < -0.3 is 5.32 Å². The van der Waals surface area contributed by atoms with Crippen LogP contribution in [0.5, 0.6) is 0 Å². The van der Waals surface area contributed by atoms with Gasteiger partial charge in [-0.2, -0.15) is 0 Å². The SMILES string of the molecule is CSc1nnc(NC(=O)C2CCN(S(=O)(=O)Cc3ccc(Cl)cc3)CC2)s1. The maximum absolute atomic E-state index is 12.6. The summed E-state index contributed by atoms with van der Waals surface area (Å²) in [5.74, 6) is -0.425. The van der Waals surface area contributed by atoms with E-state index in [9.17, 15) is 13.2 Å². The van der Waals surface area contributed by atoms with E-state index in [4.69, 9.17) is 11.6 Å². The second-order valence-corrected chi connectivity index (χ2v) is 10.6. The summed E-state index contributed by atoms with van der Waals surface area (Å²) in [5.41, 5.74) is 0.695. The molecule has 146 valence electrons. The molecule has 7 nitrogen and oxygen atoms in total. The Kier molecular flexibility index (Phi) is 6.74. The number of benzene rings is 1. The number of rotatable bonds is 6. The predicted molar refractivity (Wildman–Crippen MR) is 109 cm³/mol. The minimum atomic E-state index is -3.42. The average molecular weight is 447 g/mol. The Morgan fingerprint density at radius 1 is 1.30 bits per heavy atom. The second kappa shape index (κ2) is 8.87. The highest BCUT2D eigenvalue weighted by Crippen LogP contribution is 2.26. The van der Waals surface area contributed by atoms with Crippen molar-refractivity contribution >= 4 is 55.8 Å². The number of nitrogens with one attached hydrogen (secondary N) is 1. The van der Waals surface area contributed by atoms with Gasteiger partial charge >= 0.3 is 0 Å². The smallest absolute Gasteiger partial charge is 0.229 e. The zero-order chi connectivity index (χ0) is 19.4. The number of thioether (sulfide) groups is 1. The molecule has 2 heterocycles. The van der Waals surface area contributed by atoms with Crippen molar-refractivity contribution in [2.24, 2.45) is 5.92 Å². The first-order chi connectivity index (χ1) is 12.9. The number of anilines is 1. The summed E-state index contributed by atoms with van der Waals surface area (Å²) in [6, 6.07) is 6.79. The Labute approximate surface area is 171 Å². The molecule has 0 spiro atoms. The van der Waals surface area contributed by atoms with Gasteiger partial charge in [0.15, 0.2) is 4.34 Å². The molecule has 1 saturated heterocycles. The first-order valence-electron chi connectivity index (χ1n) is 8.28.